The van der Waals surface area contributed by atoms with Gasteiger partial charge in [-0.1, -0.05) is 0 Å². The molecule has 11 heteroatoms. The maximum absolute atomic E-state index is 12.7. The lowest BCUT2D eigenvalue weighted by Crippen LogP contribution is -2.32. The molecule has 0 fully saturated rings. The topological polar surface area (TPSA) is 127 Å². The Kier molecular flexibility index (Phi) is 4.74. The number of aryl methyl sites for hydroxylation is 1. The zero-order chi connectivity index (χ0) is 19.9. The van der Waals surface area contributed by atoms with Crippen molar-refractivity contribution in [3.63, 3.8) is 0 Å². The van der Waals surface area contributed by atoms with Crippen LogP contribution in [0, 0.1) is 24.0 Å². The highest BCUT2D eigenvalue weighted by molar-refractivity contribution is 7.89. The van der Waals surface area contributed by atoms with E-state index in [1.54, 1.807) is 24.0 Å². The molecular formula is C16H19N5O5S. The van der Waals surface area contributed by atoms with Gasteiger partial charge in [-0.05, 0) is 51.1 Å². The molecule has 1 aliphatic heterocycles. The average molecular weight is 393 g/mol. The number of hydrogen-bond donors (Lipinski definition) is 1. The lowest BCUT2D eigenvalue weighted by Gasteiger charge is -2.18. The van der Waals surface area contributed by atoms with E-state index >= 15 is 0 Å². The van der Waals surface area contributed by atoms with E-state index in [0.29, 0.717) is 24.3 Å². The molecule has 144 valence electrons. The van der Waals surface area contributed by atoms with Crippen LogP contribution in [-0.4, -0.2) is 42.6 Å². The molecule has 0 atom stereocenters. The summed E-state index contributed by atoms with van der Waals surface area (Å²) in [6, 6.07) is 4.61. The largest absolute Gasteiger partial charge is 0.312 e. The number of benzene rings is 1. The van der Waals surface area contributed by atoms with Crippen molar-refractivity contribution in [3.8, 4) is 0 Å². The molecule has 0 saturated carbocycles. The van der Waals surface area contributed by atoms with Crippen molar-refractivity contribution in [2.75, 3.05) is 18.5 Å². The van der Waals surface area contributed by atoms with Gasteiger partial charge in [0.1, 0.15) is 17.9 Å². The molecule has 1 aromatic heterocycles. The third-order valence-electron chi connectivity index (χ3n) is 4.64. The highest BCUT2D eigenvalue weighted by atomic mass is 32.2. The first-order chi connectivity index (χ1) is 12.7. The summed E-state index contributed by atoms with van der Waals surface area (Å²) in [7, 11) is -2.21. The first kappa shape index (κ1) is 19.0. The lowest BCUT2D eigenvalue weighted by molar-refractivity contribution is -0.386. The minimum Gasteiger partial charge on any atom is -0.310 e. The molecule has 0 spiro atoms. The maximum Gasteiger partial charge on any atom is 0.312 e. The van der Waals surface area contributed by atoms with Gasteiger partial charge in [0.2, 0.25) is 15.9 Å². The molecule has 10 nitrogen and oxygen atoms in total. The van der Waals surface area contributed by atoms with E-state index in [1.165, 1.54) is 24.7 Å². The highest BCUT2D eigenvalue weighted by Crippen LogP contribution is 2.31. The SMILES string of the molecule is CNS(=O)(=O)c1ccc2c(c1)CCN2C(=O)Cn1nc(C)c([N+](=O)[O-])c1C. The van der Waals surface area contributed by atoms with E-state index in [9.17, 15) is 23.3 Å². The molecule has 0 saturated heterocycles. The number of carbonyl (C=O) groups is 1. The number of rotatable bonds is 5. The predicted octanol–water partition coefficient (Wildman–Crippen LogP) is 0.906. The Bertz CT molecular complexity index is 1040. The molecule has 1 aromatic carbocycles. The van der Waals surface area contributed by atoms with E-state index in [-0.39, 0.29) is 28.7 Å². The van der Waals surface area contributed by atoms with Gasteiger partial charge in [-0.2, -0.15) is 5.10 Å². The molecule has 1 N–H and O–H groups in total. The predicted molar refractivity (Wildman–Crippen MR) is 97.1 cm³/mol. The summed E-state index contributed by atoms with van der Waals surface area (Å²) >= 11 is 0. The Balaban J connectivity index is 1.85. The van der Waals surface area contributed by atoms with Crippen molar-refractivity contribution in [2.24, 2.45) is 0 Å². The summed E-state index contributed by atoms with van der Waals surface area (Å²) in [5, 5.41) is 15.2. The van der Waals surface area contributed by atoms with Gasteiger partial charge in [0.05, 0.1) is 9.82 Å². The Morgan fingerprint density at radius 2 is 2.07 bits per heavy atom. The third-order valence-corrected chi connectivity index (χ3v) is 6.05. The number of hydrogen-bond acceptors (Lipinski definition) is 6. The summed E-state index contributed by atoms with van der Waals surface area (Å²) in [6.07, 6.45) is 0.533. The van der Waals surface area contributed by atoms with Gasteiger partial charge in [-0.25, -0.2) is 13.1 Å². The Morgan fingerprint density at radius 1 is 1.37 bits per heavy atom. The van der Waals surface area contributed by atoms with E-state index in [0.717, 1.165) is 5.56 Å². The second kappa shape index (κ2) is 6.74. The zero-order valence-electron chi connectivity index (χ0n) is 15.1. The van der Waals surface area contributed by atoms with Crippen molar-refractivity contribution in [1.29, 1.82) is 0 Å². The quantitative estimate of drug-likeness (QED) is 0.594. The molecule has 0 bridgehead atoms. The first-order valence-electron chi connectivity index (χ1n) is 8.21. The number of sulfonamides is 1. The number of nitro groups is 1. The Labute approximate surface area is 156 Å². The van der Waals surface area contributed by atoms with Crippen molar-refractivity contribution in [3.05, 3.63) is 45.3 Å². The summed E-state index contributed by atoms with van der Waals surface area (Å²) in [5.74, 6) is -0.265. The number of aromatic nitrogens is 2. The highest BCUT2D eigenvalue weighted by Gasteiger charge is 2.29. The van der Waals surface area contributed by atoms with Gasteiger partial charge in [0.15, 0.2) is 0 Å². The molecule has 2 aromatic rings. The van der Waals surface area contributed by atoms with Gasteiger partial charge < -0.3 is 4.90 Å². The minimum absolute atomic E-state index is 0.0912. The standard InChI is InChI=1S/C16H19N5O5S/c1-10-16(21(23)24)11(2)20(18-10)9-15(22)19-7-6-12-8-13(4-5-14(12)19)27(25,26)17-3/h4-5,8,17H,6-7,9H2,1-3H3. The molecule has 1 amide bonds. The molecule has 0 aliphatic carbocycles. The maximum atomic E-state index is 12.7. The first-order valence-corrected chi connectivity index (χ1v) is 9.69. The van der Waals surface area contributed by atoms with Crippen LogP contribution in [-0.2, 0) is 27.8 Å². The fourth-order valence-corrected chi connectivity index (χ4v) is 4.02. The Morgan fingerprint density at radius 3 is 2.67 bits per heavy atom. The number of carbonyl (C=O) groups excluding carboxylic acids is 1. The normalized spacial score (nSPS) is 13.7. The van der Waals surface area contributed by atoms with E-state index in [4.69, 9.17) is 0 Å². The van der Waals surface area contributed by atoms with Crippen LogP contribution >= 0.6 is 0 Å². The van der Waals surface area contributed by atoms with Gasteiger partial charge in [0, 0.05) is 12.2 Å². The summed E-state index contributed by atoms with van der Waals surface area (Å²) in [5.41, 5.74) is 1.89. The minimum atomic E-state index is -3.55. The summed E-state index contributed by atoms with van der Waals surface area (Å²) in [4.78, 5) is 25.0. The molecule has 3 rings (SSSR count). The van der Waals surface area contributed by atoms with E-state index < -0.39 is 14.9 Å². The van der Waals surface area contributed by atoms with Gasteiger partial charge in [0.25, 0.3) is 0 Å². The van der Waals surface area contributed by atoms with Gasteiger partial charge in [-0.15, -0.1) is 0 Å². The van der Waals surface area contributed by atoms with Crippen LogP contribution < -0.4 is 9.62 Å². The van der Waals surface area contributed by atoms with Crippen LogP contribution in [0.25, 0.3) is 0 Å². The smallest absolute Gasteiger partial charge is 0.310 e. The van der Waals surface area contributed by atoms with Crippen molar-refractivity contribution in [1.82, 2.24) is 14.5 Å². The number of nitrogens with one attached hydrogen (secondary N) is 1. The monoisotopic (exact) mass is 393 g/mol. The van der Waals surface area contributed by atoms with Crippen LogP contribution in [0.1, 0.15) is 17.0 Å². The molecule has 1 aliphatic rings. The van der Waals surface area contributed by atoms with Crippen LogP contribution in [0.2, 0.25) is 0 Å². The lowest BCUT2D eigenvalue weighted by atomic mass is 10.2. The summed E-state index contributed by atoms with van der Waals surface area (Å²) < 4.78 is 27.4. The molecular weight excluding hydrogens is 374 g/mol. The van der Waals surface area contributed by atoms with Gasteiger partial charge in [-0.3, -0.25) is 19.6 Å². The van der Waals surface area contributed by atoms with Crippen LogP contribution in [0.4, 0.5) is 11.4 Å². The zero-order valence-corrected chi connectivity index (χ0v) is 15.9. The fourth-order valence-electron chi connectivity index (χ4n) is 3.24. The third kappa shape index (κ3) is 3.30. The average Bonchev–Trinajstić information content (AvgIpc) is 3.15. The van der Waals surface area contributed by atoms with Crippen LogP contribution in [0.15, 0.2) is 23.1 Å². The molecule has 27 heavy (non-hydrogen) atoms. The molecule has 2 heterocycles. The van der Waals surface area contributed by atoms with Crippen LogP contribution in [0.5, 0.6) is 0 Å². The van der Waals surface area contributed by atoms with Crippen molar-refractivity contribution >= 4 is 27.3 Å². The van der Waals surface area contributed by atoms with E-state index in [1.807, 2.05) is 0 Å². The number of fused-ring (bicyclic) bond motifs is 1. The number of anilines is 1. The molecule has 0 unspecified atom stereocenters. The number of amides is 1. The summed E-state index contributed by atoms with van der Waals surface area (Å²) in [6.45, 7) is 3.37. The van der Waals surface area contributed by atoms with Gasteiger partial charge >= 0.3 is 5.69 Å². The van der Waals surface area contributed by atoms with Crippen molar-refractivity contribution in [2.45, 2.75) is 31.7 Å². The van der Waals surface area contributed by atoms with E-state index in [2.05, 4.69) is 9.82 Å². The second-order valence-electron chi connectivity index (χ2n) is 6.23. The Hall–Kier alpha value is -2.79. The number of nitrogens with zero attached hydrogens (tertiary/aromatic N) is 4. The van der Waals surface area contributed by atoms with Crippen molar-refractivity contribution < 1.29 is 18.1 Å². The van der Waals surface area contributed by atoms with Crippen LogP contribution in [0.3, 0.4) is 0 Å². The fraction of sp³-hybridized carbons (Fsp3) is 0.375. The second-order valence-corrected chi connectivity index (χ2v) is 8.11. The molecule has 0 radical (unpaired) electrons.